The summed E-state index contributed by atoms with van der Waals surface area (Å²) in [7, 11) is 0. The van der Waals surface area contributed by atoms with Crippen LogP contribution in [-0.2, 0) is 4.74 Å². The first-order valence-electron chi connectivity index (χ1n) is 5.67. The molecule has 0 amide bonds. The molecule has 2 rings (SSSR count). The Morgan fingerprint density at radius 2 is 2.47 bits per heavy atom. The van der Waals surface area contributed by atoms with Gasteiger partial charge in [-0.25, -0.2) is 9.97 Å². The van der Waals surface area contributed by atoms with Gasteiger partial charge < -0.3 is 15.2 Å². The second-order valence-electron chi connectivity index (χ2n) is 4.34. The number of anilines is 1. The van der Waals surface area contributed by atoms with Crippen molar-refractivity contribution >= 4 is 23.1 Å². The van der Waals surface area contributed by atoms with Gasteiger partial charge in [0.05, 0.1) is 11.0 Å². The predicted molar refractivity (Wildman–Crippen MR) is 67.2 cm³/mol. The standard InChI is InChI=1S/C10H13ClN4O4/c1-6-10(16,2-3-19-6)4-12-9-7(15(17)18)8(11)13-5-14-9/h5-6,16H,2-4H2,1H3,(H,12,13,14). The van der Waals surface area contributed by atoms with E-state index in [9.17, 15) is 15.2 Å². The minimum absolute atomic E-state index is 0.0162. The number of rotatable bonds is 4. The van der Waals surface area contributed by atoms with Crippen molar-refractivity contribution in [1.29, 1.82) is 0 Å². The number of ether oxygens (including phenoxy) is 1. The third-order valence-corrected chi connectivity index (χ3v) is 3.46. The number of halogens is 1. The third-order valence-electron chi connectivity index (χ3n) is 3.18. The maximum Gasteiger partial charge on any atom is 0.348 e. The van der Waals surface area contributed by atoms with Crippen molar-refractivity contribution < 1.29 is 14.8 Å². The van der Waals surface area contributed by atoms with Crippen LogP contribution in [0.3, 0.4) is 0 Å². The number of nitro groups is 1. The molecule has 2 N–H and O–H groups in total. The molecule has 0 bridgehead atoms. The minimum atomic E-state index is -1.08. The van der Waals surface area contributed by atoms with Crippen LogP contribution in [0.5, 0.6) is 0 Å². The van der Waals surface area contributed by atoms with Gasteiger partial charge in [-0.05, 0) is 6.92 Å². The normalized spacial score (nSPS) is 26.4. The molecule has 2 atom stereocenters. The van der Waals surface area contributed by atoms with Gasteiger partial charge in [-0.15, -0.1) is 0 Å². The molecule has 1 aliphatic heterocycles. The smallest absolute Gasteiger partial charge is 0.348 e. The highest BCUT2D eigenvalue weighted by atomic mass is 35.5. The van der Waals surface area contributed by atoms with Gasteiger partial charge in [0, 0.05) is 19.6 Å². The number of hydrogen-bond acceptors (Lipinski definition) is 7. The van der Waals surface area contributed by atoms with Crippen molar-refractivity contribution in [3.63, 3.8) is 0 Å². The van der Waals surface area contributed by atoms with Crippen LogP contribution in [0.15, 0.2) is 6.33 Å². The molecule has 2 heterocycles. The van der Waals surface area contributed by atoms with Crippen molar-refractivity contribution in [1.82, 2.24) is 9.97 Å². The first-order valence-corrected chi connectivity index (χ1v) is 6.04. The molecule has 2 unspecified atom stereocenters. The van der Waals surface area contributed by atoms with E-state index >= 15 is 0 Å². The van der Waals surface area contributed by atoms with Gasteiger partial charge in [-0.2, -0.15) is 0 Å². The highest BCUT2D eigenvalue weighted by Gasteiger charge is 2.40. The second kappa shape index (κ2) is 5.24. The monoisotopic (exact) mass is 288 g/mol. The summed E-state index contributed by atoms with van der Waals surface area (Å²) in [5, 5.41) is 23.7. The zero-order chi connectivity index (χ0) is 14.0. The predicted octanol–water partition coefficient (Wildman–Crippen LogP) is 0.990. The summed E-state index contributed by atoms with van der Waals surface area (Å²) in [6, 6.07) is 0. The van der Waals surface area contributed by atoms with Crippen LogP contribution in [0.1, 0.15) is 13.3 Å². The van der Waals surface area contributed by atoms with E-state index < -0.39 is 16.2 Å². The Balaban J connectivity index is 2.16. The number of aliphatic hydroxyl groups is 1. The summed E-state index contributed by atoms with van der Waals surface area (Å²) in [6.07, 6.45) is 1.22. The Kier molecular flexibility index (Phi) is 3.83. The number of aromatic nitrogens is 2. The second-order valence-corrected chi connectivity index (χ2v) is 4.70. The highest BCUT2D eigenvalue weighted by molar-refractivity contribution is 6.31. The van der Waals surface area contributed by atoms with Crippen LogP contribution in [0, 0.1) is 10.1 Å². The molecule has 0 spiro atoms. The summed E-state index contributed by atoms with van der Waals surface area (Å²) in [4.78, 5) is 17.6. The average Bonchev–Trinajstić information content (AvgIpc) is 2.67. The summed E-state index contributed by atoms with van der Waals surface area (Å²) in [5.74, 6) is -0.0162. The fourth-order valence-electron chi connectivity index (χ4n) is 1.89. The molecule has 104 valence electrons. The maximum atomic E-state index is 10.9. The summed E-state index contributed by atoms with van der Waals surface area (Å²) in [5.41, 5.74) is -1.48. The van der Waals surface area contributed by atoms with E-state index in [1.807, 2.05) is 0 Å². The molecule has 1 aromatic rings. The van der Waals surface area contributed by atoms with Gasteiger partial charge in [-0.1, -0.05) is 11.6 Å². The van der Waals surface area contributed by atoms with Gasteiger partial charge in [0.15, 0.2) is 0 Å². The first-order chi connectivity index (χ1) is 8.94. The maximum absolute atomic E-state index is 10.9. The van der Waals surface area contributed by atoms with Crippen molar-refractivity contribution in [2.45, 2.75) is 25.0 Å². The summed E-state index contributed by atoms with van der Waals surface area (Å²) in [6.45, 7) is 2.28. The van der Waals surface area contributed by atoms with Gasteiger partial charge in [0.1, 0.15) is 11.9 Å². The highest BCUT2D eigenvalue weighted by Crippen LogP contribution is 2.30. The lowest BCUT2D eigenvalue weighted by atomic mass is 9.97. The number of nitrogens with zero attached hydrogens (tertiary/aromatic N) is 3. The van der Waals surface area contributed by atoms with Crippen LogP contribution in [0.2, 0.25) is 5.15 Å². The van der Waals surface area contributed by atoms with Crippen LogP contribution in [0.25, 0.3) is 0 Å². The number of nitrogens with one attached hydrogen (secondary N) is 1. The van der Waals surface area contributed by atoms with Crippen molar-refractivity contribution in [3.8, 4) is 0 Å². The van der Waals surface area contributed by atoms with Crippen LogP contribution >= 0.6 is 11.6 Å². The van der Waals surface area contributed by atoms with E-state index in [0.717, 1.165) is 6.33 Å². The van der Waals surface area contributed by atoms with Gasteiger partial charge >= 0.3 is 5.69 Å². The minimum Gasteiger partial charge on any atom is -0.385 e. The Bertz CT molecular complexity index is 500. The largest absolute Gasteiger partial charge is 0.385 e. The van der Waals surface area contributed by atoms with E-state index in [1.165, 1.54) is 0 Å². The molecule has 0 aliphatic carbocycles. The lowest BCUT2D eigenvalue weighted by Crippen LogP contribution is -2.43. The van der Waals surface area contributed by atoms with Crippen LogP contribution in [-0.4, -0.2) is 44.9 Å². The molecular weight excluding hydrogens is 276 g/mol. The molecule has 1 aliphatic rings. The van der Waals surface area contributed by atoms with Crippen molar-refractivity contribution in [3.05, 3.63) is 21.6 Å². The number of hydrogen-bond donors (Lipinski definition) is 2. The molecule has 1 aromatic heterocycles. The van der Waals surface area contributed by atoms with Gasteiger partial charge in [0.25, 0.3) is 0 Å². The molecule has 0 radical (unpaired) electrons. The van der Waals surface area contributed by atoms with Gasteiger partial charge in [0.2, 0.25) is 11.0 Å². The Hall–Kier alpha value is -1.51. The SMILES string of the molecule is CC1OCCC1(O)CNc1ncnc(Cl)c1[N+](=O)[O-]. The summed E-state index contributed by atoms with van der Waals surface area (Å²) < 4.78 is 5.28. The Morgan fingerprint density at radius 1 is 1.74 bits per heavy atom. The zero-order valence-corrected chi connectivity index (χ0v) is 10.9. The van der Waals surface area contributed by atoms with E-state index in [2.05, 4.69) is 15.3 Å². The third kappa shape index (κ3) is 2.75. The fourth-order valence-corrected chi connectivity index (χ4v) is 2.09. The quantitative estimate of drug-likeness (QED) is 0.483. The fraction of sp³-hybridized carbons (Fsp3) is 0.600. The lowest BCUT2D eigenvalue weighted by molar-refractivity contribution is -0.384. The average molecular weight is 289 g/mol. The first kappa shape index (κ1) is 13.9. The topological polar surface area (TPSA) is 110 Å². The van der Waals surface area contributed by atoms with Crippen LogP contribution in [0.4, 0.5) is 11.5 Å². The lowest BCUT2D eigenvalue weighted by Gasteiger charge is -2.26. The van der Waals surface area contributed by atoms with E-state index in [0.29, 0.717) is 13.0 Å². The van der Waals surface area contributed by atoms with E-state index in [-0.39, 0.29) is 23.6 Å². The molecule has 0 saturated carbocycles. The molecule has 9 heteroatoms. The Morgan fingerprint density at radius 3 is 3.05 bits per heavy atom. The van der Waals surface area contributed by atoms with Crippen molar-refractivity contribution in [2.24, 2.45) is 0 Å². The molecule has 1 fully saturated rings. The zero-order valence-electron chi connectivity index (χ0n) is 10.2. The van der Waals surface area contributed by atoms with E-state index in [1.54, 1.807) is 6.92 Å². The summed E-state index contributed by atoms with van der Waals surface area (Å²) >= 11 is 5.66. The molecule has 0 aromatic carbocycles. The molecule has 19 heavy (non-hydrogen) atoms. The van der Waals surface area contributed by atoms with E-state index in [4.69, 9.17) is 16.3 Å². The Labute approximate surface area is 113 Å². The molecule has 8 nitrogen and oxygen atoms in total. The molecule has 1 saturated heterocycles. The molecular formula is C10H13ClN4O4. The van der Waals surface area contributed by atoms with Crippen LogP contribution < -0.4 is 5.32 Å². The van der Waals surface area contributed by atoms with Crippen molar-refractivity contribution in [2.75, 3.05) is 18.5 Å². The van der Waals surface area contributed by atoms with Gasteiger partial charge in [-0.3, -0.25) is 10.1 Å².